The van der Waals surface area contributed by atoms with Gasteiger partial charge in [0.05, 0.1) is 11.1 Å². The first-order chi connectivity index (χ1) is 16.2. The van der Waals surface area contributed by atoms with Gasteiger partial charge in [0.25, 0.3) is 11.5 Å². The summed E-state index contributed by atoms with van der Waals surface area (Å²) in [6, 6.07) is 4.39. The molecule has 1 atom stereocenters. The molecule has 2 aliphatic heterocycles. The van der Waals surface area contributed by atoms with Gasteiger partial charge in [-0.05, 0) is 31.9 Å². The van der Waals surface area contributed by atoms with Crippen LogP contribution in [0, 0.1) is 0 Å². The number of hydrogen-bond donors (Lipinski definition) is 1. The van der Waals surface area contributed by atoms with Crippen LogP contribution in [-0.4, -0.2) is 51.1 Å². The second kappa shape index (κ2) is 7.96. The molecule has 0 radical (unpaired) electrons. The minimum absolute atomic E-state index is 0.00675. The van der Waals surface area contributed by atoms with Crippen LogP contribution in [0.5, 0.6) is 0 Å². The van der Waals surface area contributed by atoms with Crippen molar-refractivity contribution in [3.8, 4) is 0 Å². The Bertz CT molecular complexity index is 1350. The first-order valence-electron chi connectivity index (χ1n) is 11.0. The highest BCUT2D eigenvalue weighted by Crippen LogP contribution is 2.36. The lowest BCUT2D eigenvalue weighted by Gasteiger charge is -2.27. The molecule has 1 aromatic carbocycles. The first-order valence-corrected chi connectivity index (χ1v) is 11.0. The van der Waals surface area contributed by atoms with Crippen LogP contribution in [0.1, 0.15) is 35.9 Å². The zero-order valence-electron chi connectivity index (χ0n) is 18.6. The lowest BCUT2D eigenvalue weighted by Crippen LogP contribution is -2.40. The van der Waals surface area contributed by atoms with Gasteiger partial charge in [0, 0.05) is 38.9 Å². The number of amides is 1. The number of anilines is 3. The Morgan fingerprint density at radius 3 is 2.74 bits per heavy atom. The zero-order chi connectivity index (χ0) is 24.2. The van der Waals surface area contributed by atoms with E-state index in [4.69, 9.17) is 0 Å². The van der Waals surface area contributed by atoms with E-state index >= 15 is 0 Å². The minimum atomic E-state index is -4.83. The summed E-state index contributed by atoms with van der Waals surface area (Å²) in [4.78, 5) is 42.5. The van der Waals surface area contributed by atoms with Crippen molar-refractivity contribution >= 4 is 34.3 Å². The van der Waals surface area contributed by atoms with Crippen molar-refractivity contribution in [2.24, 2.45) is 7.05 Å². The molecule has 9 nitrogen and oxygen atoms in total. The molecule has 0 bridgehead atoms. The van der Waals surface area contributed by atoms with Gasteiger partial charge >= 0.3 is 6.18 Å². The van der Waals surface area contributed by atoms with E-state index in [0.717, 1.165) is 19.9 Å². The number of benzene rings is 1. The summed E-state index contributed by atoms with van der Waals surface area (Å²) in [7, 11) is 1.03. The maximum atomic E-state index is 13.7. The summed E-state index contributed by atoms with van der Waals surface area (Å²) in [5, 5.41) is 3.05. The topological polar surface area (TPSA) is 96.2 Å². The number of nitrogens with zero attached hydrogens (tertiary/aromatic N) is 6. The molecule has 0 aliphatic carbocycles. The van der Waals surface area contributed by atoms with Crippen LogP contribution in [0.4, 0.5) is 30.6 Å². The van der Waals surface area contributed by atoms with Gasteiger partial charge in [0.2, 0.25) is 11.8 Å². The van der Waals surface area contributed by atoms with E-state index in [1.807, 2.05) is 6.92 Å². The van der Waals surface area contributed by atoms with Gasteiger partial charge in [0.15, 0.2) is 0 Å². The van der Waals surface area contributed by atoms with E-state index < -0.39 is 23.5 Å². The van der Waals surface area contributed by atoms with Gasteiger partial charge in [-0.1, -0.05) is 6.07 Å². The first kappa shape index (κ1) is 22.1. The molecule has 0 spiro atoms. The van der Waals surface area contributed by atoms with Crippen molar-refractivity contribution in [2.45, 2.75) is 32.0 Å². The molecule has 0 unspecified atom stereocenters. The maximum Gasteiger partial charge on any atom is 0.449 e. The fraction of sp³-hybridized carbons (Fsp3) is 0.409. The molecule has 2 aliphatic rings. The summed E-state index contributed by atoms with van der Waals surface area (Å²) >= 11 is 0. The number of fused-ring (bicyclic) bond motifs is 4. The molecular formula is C22H22F3N7O2. The fourth-order valence-electron chi connectivity index (χ4n) is 4.69. The van der Waals surface area contributed by atoms with Crippen LogP contribution >= 0.6 is 0 Å². The predicted octanol–water partition coefficient (Wildman–Crippen LogP) is 2.80. The van der Waals surface area contributed by atoms with Crippen molar-refractivity contribution in [3.63, 3.8) is 0 Å². The monoisotopic (exact) mass is 473 g/mol. The number of aromatic nitrogens is 4. The Kier molecular flexibility index (Phi) is 5.18. The van der Waals surface area contributed by atoms with E-state index in [1.165, 1.54) is 23.2 Å². The standard InChI is InChI=1S/C22H22F3N7O2/c1-3-26-21-27-10-14-17(29-21)31-9-5-6-12(31)11-32(19(14)34)15-8-4-7-13-16(15)28-20(22(23,24)25)30(2)18(13)33/h4,7-8,10,12H,3,5-6,9,11H2,1-2H3,(H,26,27,29)/t12-/m0/s1. The Hall–Kier alpha value is -3.70. The lowest BCUT2D eigenvalue weighted by molar-refractivity contribution is -0.147. The molecule has 1 N–H and O–H groups in total. The van der Waals surface area contributed by atoms with Crippen LogP contribution in [0.3, 0.4) is 0 Å². The number of nitrogens with one attached hydrogen (secondary N) is 1. The molecule has 1 saturated heterocycles. The molecular weight excluding hydrogens is 451 g/mol. The van der Waals surface area contributed by atoms with E-state index in [-0.39, 0.29) is 34.7 Å². The average Bonchev–Trinajstić information content (AvgIpc) is 3.23. The summed E-state index contributed by atoms with van der Waals surface area (Å²) in [5.74, 6) is -0.864. The van der Waals surface area contributed by atoms with Crippen LogP contribution < -0.4 is 20.7 Å². The molecule has 1 amide bonds. The smallest absolute Gasteiger partial charge is 0.354 e. The third kappa shape index (κ3) is 3.44. The van der Waals surface area contributed by atoms with Crippen molar-refractivity contribution in [3.05, 3.63) is 46.1 Å². The molecule has 5 rings (SSSR count). The van der Waals surface area contributed by atoms with Gasteiger partial charge in [-0.25, -0.2) is 9.97 Å². The SMILES string of the molecule is CCNc1ncc2c(n1)N1CCC[C@H]1CN(c1cccc3c(=O)n(C)c(C(F)(F)F)nc13)C2=O. The van der Waals surface area contributed by atoms with Crippen molar-refractivity contribution < 1.29 is 18.0 Å². The van der Waals surface area contributed by atoms with Crippen LogP contribution in [0.2, 0.25) is 0 Å². The van der Waals surface area contributed by atoms with E-state index in [1.54, 1.807) is 6.07 Å². The van der Waals surface area contributed by atoms with E-state index in [9.17, 15) is 22.8 Å². The Balaban J connectivity index is 1.71. The van der Waals surface area contributed by atoms with Gasteiger partial charge < -0.3 is 15.1 Å². The Morgan fingerprint density at radius 2 is 2.00 bits per heavy atom. The third-order valence-corrected chi connectivity index (χ3v) is 6.25. The molecule has 2 aromatic heterocycles. The number of hydrogen-bond acceptors (Lipinski definition) is 7. The second-order valence-electron chi connectivity index (χ2n) is 8.34. The highest BCUT2D eigenvalue weighted by molar-refractivity contribution is 6.13. The normalized spacial score (nSPS) is 18.1. The molecule has 178 valence electrons. The van der Waals surface area contributed by atoms with E-state index in [2.05, 4.69) is 25.2 Å². The van der Waals surface area contributed by atoms with Gasteiger partial charge in [-0.15, -0.1) is 0 Å². The van der Waals surface area contributed by atoms with Crippen molar-refractivity contribution in [2.75, 3.05) is 34.8 Å². The van der Waals surface area contributed by atoms with Crippen molar-refractivity contribution in [1.82, 2.24) is 19.5 Å². The fourth-order valence-corrected chi connectivity index (χ4v) is 4.69. The number of carbonyl (C=O) groups is 1. The zero-order valence-corrected chi connectivity index (χ0v) is 18.6. The lowest BCUT2D eigenvalue weighted by atomic mass is 10.1. The highest BCUT2D eigenvalue weighted by atomic mass is 19.4. The van der Waals surface area contributed by atoms with E-state index in [0.29, 0.717) is 29.4 Å². The van der Waals surface area contributed by atoms with Gasteiger partial charge in [0.1, 0.15) is 16.9 Å². The van der Waals surface area contributed by atoms with Crippen molar-refractivity contribution in [1.29, 1.82) is 0 Å². The number of alkyl halides is 3. The number of carbonyl (C=O) groups excluding carboxylic acids is 1. The summed E-state index contributed by atoms with van der Waals surface area (Å²) in [6.07, 6.45) is -1.71. The average molecular weight is 473 g/mol. The number of halogens is 3. The van der Waals surface area contributed by atoms with Crippen LogP contribution in [0.15, 0.2) is 29.2 Å². The third-order valence-electron chi connectivity index (χ3n) is 6.25. The molecule has 12 heteroatoms. The number of rotatable bonds is 3. The maximum absolute atomic E-state index is 13.7. The Morgan fingerprint density at radius 1 is 1.21 bits per heavy atom. The highest BCUT2D eigenvalue weighted by Gasteiger charge is 2.40. The quantitative estimate of drug-likeness (QED) is 0.625. The molecule has 1 fully saturated rings. The van der Waals surface area contributed by atoms with Crippen LogP contribution in [0.25, 0.3) is 10.9 Å². The Labute approximate surface area is 192 Å². The number of para-hydroxylation sites is 1. The molecule has 34 heavy (non-hydrogen) atoms. The summed E-state index contributed by atoms with van der Waals surface area (Å²) in [5.41, 5.74) is -0.587. The largest absolute Gasteiger partial charge is 0.449 e. The second-order valence-corrected chi connectivity index (χ2v) is 8.34. The summed E-state index contributed by atoms with van der Waals surface area (Å²) in [6.45, 7) is 3.45. The molecule has 4 heterocycles. The molecule has 0 saturated carbocycles. The van der Waals surface area contributed by atoms with Crippen LogP contribution in [-0.2, 0) is 13.2 Å². The summed E-state index contributed by atoms with van der Waals surface area (Å²) < 4.78 is 41.3. The minimum Gasteiger partial charge on any atom is -0.354 e. The van der Waals surface area contributed by atoms with Gasteiger partial charge in [-0.2, -0.15) is 18.2 Å². The predicted molar refractivity (Wildman–Crippen MR) is 120 cm³/mol. The molecule has 3 aromatic rings. The van der Waals surface area contributed by atoms with Gasteiger partial charge in [-0.3, -0.25) is 14.2 Å².